The minimum Gasteiger partial charge on any atom is -0.323 e. The Bertz CT molecular complexity index is 532. The fraction of sp³-hybridized carbons (Fsp3) is 0.200. The highest BCUT2D eigenvalue weighted by Crippen LogP contribution is 2.19. The van der Waals surface area contributed by atoms with Gasteiger partial charge >= 0.3 is 0 Å². The van der Waals surface area contributed by atoms with Crippen molar-refractivity contribution in [3.05, 3.63) is 55.8 Å². The van der Waals surface area contributed by atoms with Crippen molar-refractivity contribution in [3.63, 3.8) is 0 Å². The van der Waals surface area contributed by atoms with Crippen LogP contribution in [0.1, 0.15) is 20.8 Å². The van der Waals surface area contributed by atoms with E-state index in [1.54, 1.807) is 12.4 Å². The van der Waals surface area contributed by atoms with Crippen LogP contribution in [-0.4, -0.2) is 9.97 Å². The molecule has 0 atom stereocenters. The zero-order valence-corrected chi connectivity index (χ0v) is 11.2. The molecule has 0 radical (unpaired) electrons. The Morgan fingerprint density at radius 3 is 2.72 bits per heavy atom. The molecule has 2 rings (SSSR count). The van der Waals surface area contributed by atoms with Gasteiger partial charge in [0, 0.05) is 30.2 Å². The van der Waals surface area contributed by atoms with Gasteiger partial charge in [-0.15, -0.1) is 0 Å². The van der Waals surface area contributed by atoms with E-state index in [-0.39, 0.29) is 0 Å². The highest BCUT2D eigenvalue weighted by Gasteiger charge is 2.01. The molecule has 0 amide bonds. The molecule has 0 aromatic carbocycles. The summed E-state index contributed by atoms with van der Waals surface area (Å²) in [6.07, 6.45) is 11.0. The van der Waals surface area contributed by atoms with Gasteiger partial charge in [0.25, 0.3) is 0 Å². The maximum Gasteiger partial charge on any atom is 0.0734 e. The molecule has 0 saturated carbocycles. The molecule has 3 heteroatoms. The van der Waals surface area contributed by atoms with Gasteiger partial charge < -0.3 is 4.90 Å². The van der Waals surface area contributed by atoms with Crippen LogP contribution in [0, 0.1) is 0 Å². The molecule has 0 spiro atoms. The van der Waals surface area contributed by atoms with Gasteiger partial charge in [0.1, 0.15) is 0 Å². The Kier molecular flexibility index (Phi) is 5.58. The first-order valence-corrected chi connectivity index (χ1v) is 6.08. The fourth-order valence-corrected chi connectivity index (χ4v) is 1.51. The Labute approximate surface area is 108 Å². The van der Waals surface area contributed by atoms with E-state index < -0.39 is 0 Å². The summed E-state index contributed by atoms with van der Waals surface area (Å²) in [5.41, 5.74) is 1.93. The summed E-state index contributed by atoms with van der Waals surface area (Å²) >= 11 is 0. The molecule has 0 saturated heterocycles. The summed E-state index contributed by atoms with van der Waals surface area (Å²) in [5.74, 6) is 0. The highest BCUT2D eigenvalue weighted by atomic mass is 15.1. The summed E-state index contributed by atoms with van der Waals surface area (Å²) in [4.78, 5) is 10.4. The van der Waals surface area contributed by atoms with Crippen LogP contribution in [-0.2, 0) is 0 Å². The average Bonchev–Trinajstić information content (AvgIpc) is 2.46. The Morgan fingerprint density at radius 1 is 1.28 bits per heavy atom. The van der Waals surface area contributed by atoms with Gasteiger partial charge in [-0.25, -0.2) is 0 Å². The normalized spacial score (nSPS) is 9.94. The fourth-order valence-electron chi connectivity index (χ4n) is 1.51. The van der Waals surface area contributed by atoms with E-state index in [2.05, 4.69) is 16.5 Å². The van der Waals surface area contributed by atoms with E-state index in [4.69, 9.17) is 0 Å². The molecule has 0 fully saturated rings. The van der Waals surface area contributed by atoms with Crippen molar-refractivity contribution in [3.8, 4) is 0 Å². The molecule has 0 N–H and O–H groups in total. The predicted molar refractivity (Wildman–Crippen MR) is 78.4 cm³/mol. The Balaban J connectivity index is 0.000000771. The Hall–Kier alpha value is -2.16. The lowest BCUT2D eigenvalue weighted by Gasteiger charge is -2.14. The second-order valence-electron chi connectivity index (χ2n) is 3.33. The monoisotopic (exact) mass is 241 g/mol. The van der Waals surface area contributed by atoms with Gasteiger partial charge in [-0.3, -0.25) is 9.97 Å². The standard InChI is InChI=1S/C13H13N3.C2H6/c1-3-7-16(4-2)12-8-11-9-14-6-5-13(11)15-10-12;1-2/h3-10H,2H2,1H3;1-2H3/b7-3-;. The largest absolute Gasteiger partial charge is 0.323 e. The molecule has 0 aliphatic heterocycles. The number of hydrogen-bond donors (Lipinski definition) is 0. The van der Waals surface area contributed by atoms with E-state index >= 15 is 0 Å². The van der Waals surface area contributed by atoms with E-state index in [9.17, 15) is 0 Å². The molecule has 94 valence electrons. The zero-order valence-electron chi connectivity index (χ0n) is 11.2. The molecule has 0 aliphatic rings. The second kappa shape index (κ2) is 7.22. The van der Waals surface area contributed by atoms with E-state index in [0.29, 0.717) is 0 Å². The van der Waals surface area contributed by atoms with Gasteiger partial charge in [0.15, 0.2) is 0 Å². The van der Waals surface area contributed by atoms with Crippen molar-refractivity contribution >= 4 is 16.6 Å². The molecule has 0 bridgehead atoms. The Morgan fingerprint density at radius 2 is 2.06 bits per heavy atom. The van der Waals surface area contributed by atoms with Crippen LogP contribution < -0.4 is 4.90 Å². The molecule has 0 unspecified atom stereocenters. The second-order valence-corrected chi connectivity index (χ2v) is 3.33. The van der Waals surface area contributed by atoms with Crippen LogP contribution >= 0.6 is 0 Å². The number of hydrogen-bond acceptors (Lipinski definition) is 3. The molecule has 2 aromatic rings. The molecule has 2 aromatic heterocycles. The van der Waals surface area contributed by atoms with Crippen LogP contribution in [0.15, 0.2) is 55.8 Å². The smallest absolute Gasteiger partial charge is 0.0734 e. The van der Waals surface area contributed by atoms with Crippen molar-refractivity contribution in [1.29, 1.82) is 0 Å². The maximum absolute atomic E-state index is 4.37. The van der Waals surface area contributed by atoms with Crippen molar-refractivity contribution in [2.75, 3.05) is 4.90 Å². The van der Waals surface area contributed by atoms with Gasteiger partial charge in [-0.1, -0.05) is 26.5 Å². The van der Waals surface area contributed by atoms with Gasteiger partial charge in [0.05, 0.1) is 17.4 Å². The summed E-state index contributed by atoms with van der Waals surface area (Å²) in [7, 11) is 0. The van der Waals surface area contributed by atoms with E-state index in [0.717, 1.165) is 16.6 Å². The molecular weight excluding hydrogens is 222 g/mol. The van der Waals surface area contributed by atoms with Gasteiger partial charge in [0.2, 0.25) is 0 Å². The first-order valence-electron chi connectivity index (χ1n) is 6.08. The number of rotatable bonds is 3. The number of fused-ring (bicyclic) bond motifs is 1. The van der Waals surface area contributed by atoms with Gasteiger partial charge in [-0.2, -0.15) is 0 Å². The van der Waals surface area contributed by atoms with Crippen molar-refractivity contribution in [1.82, 2.24) is 9.97 Å². The number of nitrogens with zero attached hydrogens (tertiary/aromatic N) is 3. The quantitative estimate of drug-likeness (QED) is 0.808. The van der Waals surface area contributed by atoms with Crippen molar-refractivity contribution in [2.45, 2.75) is 20.8 Å². The molecule has 2 heterocycles. The number of pyridine rings is 2. The van der Waals surface area contributed by atoms with Crippen LogP contribution in [0.2, 0.25) is 0 Å². The van der Waals surface area contributed by atoms with Crippen LogP contribution in [0.4, 0.5) is 5.69 Å². The van der Waals surface area contributed by atoms with Crippen molar-refractivity contribution in [2.24, 2.45) is 0 Å². The third kappa shape index (κ3) is 3.17. The van der Waals surface area contributed by atoms with Crippen LogP contribution in [0.5, 0.6) is 0 Å². The highest BCUT2D eigenvalue weighted by molar-refractivity contribution is 5.81. The summed E-state index contributed by atoms with van der Waals surface area (Å²) in [5, 5.41) is 1.02. The first-order chi connectivity index (χ1) is 8.85. The molecular formula is C15H19N3. The number of aromatic nitrogens is 2. The summed E-state index contributed by atoms with van der Waals surface area (Å²) in [6, 6.07) is 3.93. The zero-order chi connectivity index (χ0) is 13.4. The van der Waals surface area contributed by atoms with E-state index in [1.165, 1.54) is 0 Å². The SMILES string of the molecule is C=CN(/C=C\C)c1cnc2ccncc2c1.CC. The maximum atomic E-state index is 4.37. The van der Waals surface area contributed by atoms with Crippen molar-refractivity contribution < 1.29 is 0 Å². The predicted octanol–water partition coefficient (Wildman–Crippen LogP) is 4.14. The summed E-state index contributed by atoms with van der Waals surface area (Å²) in [6.45, 7) is 9.73. The molecule has 3 nitrogen and oxygen atoms in total. The molecule has 18 heavy (non-hydrogen) atoms. The third-order valence-corrected chi connectivity index (χ3v) is 2.27. The first kappa shape index (κ1) is 13.9. The summed E-state index contributed by atoms with van der Waals surface area (Å²) < 4.78 is 0. The van der Waals surface area contributed by atoms with E-state index in [1.807, 2.05) is 62.5 Å². The third-order valence-electron chi connectivity index (χ3n) is 2.27. The minimum atomic E-state index is 0.947. The lowest BCUT2D eigenvalue weighted by Crippen LogP contribution is -2.06. The van der Waals surface area contributed by atoms with Gasteiger partial charge in [-0.05, 0) is 19.1 Å². The molecule has 0 aliphatic carbocycles. The lowest BCUT2D eigenvalue weighted by molar-refractivity contribution is 1.24. The lowest BCUT2D eigenvalue weighted by atomic mass is 10.2. The topological polar surface area (TPSA) is 29.0 Å². The van der Waals surface area contributed by atoms with Crippen LogP contribution in [0.25, 0.3) is 10.9 Å². The number of allylic oxidation sites excluding steroid dienone is 1. The van der Waals surface area contributed by atoms with Crippen LogP contribution in [0.3, 0.4) is 0 Å². The minimum absolute atomic E-state index is 0.947. The average molecular weight is 241 g/mol. The number of anilines is 1.